The molecule has 0 unspecified atom stereocenters. The van der Waals surface area contributed by atoms with E-state index in [4.69, 9.17) is 9.84 Å². The molecule has 0 radical (unpaired) electrons. The Hall–Kier alpha value is -3.88. The third kappa shape index (κ3) is 5.34. The minimum Gasteiger partial charge on any atom is -0.360 e. The van der Waals surface area contributed by atoms with Gasteiger partial charge in [0.05, 0.1) is 23.1 Å². The molecule has 0 spiro atoms. The van der Waals surface area contributed by atoms with Crippen LogP contribution in [0.25, 0.3) is 34.7 Å². The predicted molar refractivity (Wildman–Crippen MR) is 148 cm³/mol. The highest BCUT2D eigenvalue weighted by atomic mass is 28.3. The average molecular weight is 496 g/mol. The fourth-order valence-electron chi connectivity index (χ4n) is 4.07. The fourth-order valence-corrected chi connectivity index (χ4v) is 4.82. The van der Waals surface area contributed by atoms with Crippen molar-refractivity contribution < 1.29 is 9.53 Å². The van der Waals surface area contributed by atoms with E-state index in [1.807, 2.05) is 59.3 Å². The van der Waals surface area contributed by atoms with Crippen LogP contribution in [0.15, 0.2) is 61.1 Å². The summed E-state index contributed by atoms with van der Waals surface area (Å²) in [6.07, 6.45) is 10.8. The highest BCUT2D eigenvalue weighted by Gasteiger charge is 2.23. The number of fused-ring (bicyclic) bond motifs is 2. The molecule has 4 aromatic rings. The molecule has 5 rings (SSSR count). The van der Waals surface area contributed by atoms with Gasteiger partial charge in [0.15, 0.2) is 0 Å². The summed E-state index contributed by atoms with van der Waals surface area (Å²) >= 11 is 0. The van der Waals surface area contributed by atoms with E-state index >= 15 is 0 Å². The maximum Gasteiger partial charge on any atom is 0.256 e. The molecular weight excluding hydrogens is 466 g/mol. The number of benzene rings is 2. The van der Waals surface area contributed by atoms with Gasteiger partial charge in [-0.15, -0.1) is 0 Å². The monoisotopic (exact) mass is 495 g/mol. The van der Waals surface area contributed by atoms with Gasteiger partial charge in [-0.05, 0) is 48.0 Å². The van der Waals surface area contributed by atoms with Crippen LogP contribution in [0.5, 0.6) is 0 Å². The number of aromatic nitrogens is 4. The molecule has 1 aliphatic rings. The maximum atomic E-state index is 12.6. The third-order valence-electron chi connectivity index (χ3n) is 6.03. The van der Waals surface area contributed by atoms with Crippen molar-refractivity contribution in [3.8, 4) is 0 Å². The van der Waals surface area contributed by atoms with Crippen molar-refractivity contribution >= 4 is 54.4 Å². The number of rotatable bonds is 8. The summed E-state index contributed by atoms with van der Waals surface area (Å²) in [7, 11) is -1.18. The quantitative estimate of drug-likeness (QED) is 0.190. The third-order valence-corrected chi connectivity index (χ3v) is 7.73. The van der Waals surface area contributed by atoms with Crippen LogP contribution >= 0.6 is 0 Å². The normalized spacial score (nSPS) is 14.6. The van der Waals surface area contributed by atoms with E-state index in [1.54, 1.807) is 18.6 Å². The minimum atomic E-state index is -1.18. The Morgan fingerprint density at radius 3 is 2.75 bits per heavy atom. The first-order valence-corrected chi connectivity index (χ1v) is 15.7. The number of anilines is 1. The van der Waals surface area contributed by atoms with Crippen molar-refractivity contribution in [1.82, 2.24) is 19.7 Å². The second-order valence-corrected chi connectivity index (χ2v) is 15.7. The lowest BCUT2D eigenvalue weighted by molar-refractivity contribution is -0.110. The average Bonchev–Trinajstić information content (AvgIpc) is 3.37. The smallest absolute Gasteiger partial charge is 0.256 e. The zero-order valence-electron chi connectivity index (χ0n) is 20.7. The first kappa shape index (κ1) is 23.8. The Kier molecular flexibility index (Phi) is 6.62. The van der Waals surface area contributed by atoms with Gasteiger partial charge in [0.2, 0.25) is 0 Å². The summed E-state index contributed by atoms with van der Waals surface area (Å²) in [5, 5.41) is 8.77. The van der Waals surface area contributed by atoms with Crippen LogP contribution in [0, 0.1) is 0 Å². The SMILES string of the molecule is C[Si](C)(C)CCOCn1nc(/C=C/c2cnccn2)c2ccc(/C=C3/C(=O)Nc4ccccc43)cc21. The summed E-state index contributed by atoms with van der Waals surface area (Å²) in [6, 6.07) is 15.0. The van der Waals surface area contributed by atoms with Gasteiger partial charge >= 0.3 is 0 Å². The first-order chi connectivity index (χ1) is 17.4. The van der Waals surface area contributed by atoms with Crippen LogP contribution < -0.4 is 5.32 Å². The molecule has 1 amide bonds. The summed E-state index contributed by atoms with van der Waals surface area (Å²) in [5.41, 5.74) is 5.88. The van der Waals surface area contributed by atoms with Gasteiger partial charge in [-0.1, -0.05) is 43.9 Å². The molecule has 0 fully saturated rings. The molecule has 0 saturated carbocycles. The van der Waals surface area contributed by atoms with Crippen molar-refractivity contribution in [2.75, 3.05) is 11.9 Å². The molecule has 3 heterocycles. The van der Waals surface area contributed by atoms with Gasteiger partial charge in [0.25, 0.3) is 5.91 Å². The number of carbonyl (C=O) groups excluding carboxylic acids is 1. The Labute approximate surface area is 211 Å². The number of hydrogen-bond acceptors (Lipinski definition) is 5. The second kappa shape index (κ2) is 10.0. The Balaban J connectivity index is 1.49. The summed E-state index contributed by atoms with van der Waals surface area (Å²) in [4.78, 5) is 21.0. The zero-order chi connectivity index (χ0) is 25.1. The van der Waals surface area contributed by atoms with Crippen LogP contribution in [-0.4, -0.2) is 40.3 Å². The zero-order valence-corrected chi connectivity index (χ0v) is 21.7. The highest BCUT2D eigenvalue weighted by Crippen LogP contribution is 2.33. The van der Waals surface area contributed by atoms with Crippen LogP contribution in [-0.2, 0) is 16.3 Å². The number of hydrogen-bond donors (Lipinski definition) is 1. The number of carbonyl (C=O) groups is 1. The molecule has 2 aromatic carbocycles. The first-order valence-electron chi connectivity index (χ1n) is 12.0. The van der Waals surface area contributed by atoms with Crippen LogP contribution in [0.2, 0.25) is 25.7 Å². The molecule has 7 nitrogen and oxygen atoms in total. The van der Waals surface area contributed by atoms with E-state index in [0.717, 1.165) is 45.1 Å². The number of para-hydroxylation sites is 1. The number of amides is 1. The lowest BCUT2D eigenvalue weighted by atomic mass is 10.0. The van der Waals surface area contributed by atoms with Gasteiger partial charge in [-0.25, -0.2) is 4.68 Å². The van der Waals surface area contributed by atoms with E-state index in [0.29, 0.717) is 18.9 Å². The van der Waals surface area contributed by atoms with Crippen molar-refractivity contribution in [3.63, 3.8) is 0 Å². The maximum absolute atomic E-state index is 12.6. The Bertz CT molecular complexity index is 1470. The molecule has 36 heavy (non-hydrogen) atoms. The Morgan fingerprint density at radius 1 is 1.08 bits per heavy atom. The van der Waals surface area contributed by atoms with Crippen molar-refractivity contribution in [2.45, 2.75) is 32.4 Å². The van der Waals surface area contributed by atoms with E-state index in [1.165, 1.54) is 0 Å². The molecular formula is C28H29N5O2Si. The molecule has 1 N–H and O–H groups in total. The summed E-state index contributed by atoms with van der Waals surface area (Å²) in [6.45, 7) is 8.09. The van der Waals surface area contributed by atoms with Crippen LogP contribution in [0.4, 0.5) is 5.69 Å². The molecule has 1 aliphatic heterocycles. The van der Waals surface area contributed by atoms with Gasteiger partial charge in [0, 0.05) is 49.3 Å². The van der Waals surface area contributed by atoms with Gasteiger partial charge in [0.1, 0.15) is 6.73 Å². The standard InChI is InChI=1S/C28H29N5O2Si/c1-36(2,3)15-14-35-19-33-27-17-20(16-24-22-6-4-5-7-25(22)31-28(24)34)8-10-23(27)26(32-33)11-9-21-18-29-12-13-30-21/h4-13,16-18H,14-15,19H2,1-3H3,(H,31,34)/b11-9+,24-16+. The predicted octanol–water partition coefficient (Wildman–Crippen LogP) is 5.80. The molecule has 0 bridgehead atoms. The number of nitrogens with one attached hydrogen (secondary N) is 1. The Morgan fingerprint density at radius 2 is 1.94 bits per heavy atom. The van der Waals surface area contributed by atoms with Gasteiger partial charge in [-0.3, -0.25) is 14.8 Å². The molecule has 2 aromatic heterocycles. The molecule has 0 saturated heterocycles. The van der Waals surface area contributed by atoms with E-state index in [9.17, 15) is 4.79 Å². The largest absolute Gasteiger partial charge is 0.360 e. The van der Waals surface area contributed by atoms with Gasteiger partial charge < -0.3 is 10.1 Å². The highest BCUT2D eigenvalue weighted by molar-refractivity contribution is 6.76. The number of ether oxygens (including phenoxy) is 1. The van der Waals surface area contributed by atoms with E-state index in [2.05, 4.69) is 41.0 Å². The minimum absolute atomic E-state index is 0.0907. The topological polar surface area (TPSA) is 81.9 Å². The molecule has 8 heteroatoms. The molecule has 0 atom stereocenters. The van der Waals surface area contributed by atoms with Crippen molar-refractivity contribution in [2.24, 2.45) is 0 Å². The number of nitrogens with zero attached hydrogens (tertiary/aromatic N) is 4. The summed E-state index contributed by atoms with van der Waals surface area (Å²) < 4.78 is 7.92. The van der Waals surface area contributed by atoms with E-state index < -0.39 is 8.07 Å². The van der Waals surface area contributed by atoms with Crippen LogP contribution in [0.1, 0.15) is 22.5 Å². The van der Waals surface area contributed by atoms with Gasteiger partial charge in [-0.2, -0.15) is 5.10 Å². The lowest BCUT2D eigenvalue weighted by Crippen LogP contribution is -2.22. The molecule has 0 aliphatic carbocycles. The van der Waals surface area contributed by atoms with Crippen molar-refractivity contribution in [1.29, 1.82) is 0 Å². The second-order valence-electron chi connectivity index (χ2n) is 10.0. The molecule has 182 valence electrons. The lowest BCUT2D eigenvalue weighted by Gasteiger charge is -2.15. The fraction of sp³-hybridized carbons (Fsp3) is 0.214. The van der Waals surface area contributed by atoms with Crippen LogP contribution in [0.3, 0.4) is 0 Å². The summed E-state index contributed by atoms with van der Waals surface area (Å²) in [5.74, 6) is -0.0907. The van der Waals surface area contributed by atoms with Crippen molar-refractivity contribution in [3.05, 3.63) is 83.6 Å². The van der Waals surface area contributed by atoms with E-state index in [-0.39, 0.29) is 5.91 Å².